The molecule has 1 aliphatic heterocycles. The lowest BCUT2D eigenvalue weighted by atomic mass is 10.1. The summed E-state index contributed by atoms with van der Waals surface area (Å²) >= 11 is 1.44. The molecule has 0 bridgehead atoms. The summed E-state index contributed by atoms with van der Waals surface area (Å²) in [6, 6.07) is 14.1. The lowest BCUT2D eigenvalue weighted by molar-refractivity contribution is -0.116. The number of ether oxygens (including phenoxy) is 1. The Morgan fingerprint density at radius 3 is 3.04 bits per heavy atom. The smallest absolute Gasteiger partial charge is 0.237 e. The van der Waals surface area contributed by atoms with Crippen LogP contribution < -0.4 is 9.64 Å². The van der Waals surface area contributed by atoms with Gasteiger partial charge >= 0.3 is 0 Å². The second-order valence-corrected chi connectivity index (χ2v) is 7.35. The number of rotatable bonds is 5. The zero-order chi connectivity index (χ0) is 18.1. The monoisotopic (exact) mass is 367 g/mol. The van der Waals surface area contributed by atoms with E-state index in [1.807, 2.05) is 48.2 Å². The van der Waals surface area contributed by atoms with Crippen molar-refractivity contribution in [3.8, 4) is 5.75 Å². The van der Waals surface area contributed by atoms with E-state index < -0.39 is 0 Å². The number of imidazole rings is 1. The van der Waals surface area contributed by atoms with Crippen LogP contribution in [0.25, 0.3) is 11.0 Å². The Morgan fingerprint density at radius 1 is 1.35 bits per heavy atom. The molecule has 0 aliphatic carbocycles. The van der Waals surface area contributed by atoms with Crippen LogP contribution in [0.2, 0.25) is 0 Å². The minimum atomic E-state index is 0.114. The van der Waals surface area contributed by atoms with Gasteiger partial charge in [-0.25, -0.2) is 4.98 Å². The molecular formula is C20H21N3O2S. The average Bonchev–Trinajstić information content (AvgIpc) is 3.19. The minimum absolute atomic E-state index is 0.114. The number of hydrogen-bond donors (Lipinski definition) is 1. The van der Waals surface area contributed by atoms with Crippen LogP contribution in [0.15, 0.2) is 47.6 Å². The minimum Gasteiger partial charge on any atom is -0.494 e. The largest absolute Gasteiger partial charge is 0.494 e. The van der Waals surface area contributed by atoms with E-state index in [2.05, 4.69) is 23.0 Å². The number of hydrogen-bond acceptors (Lipinski definition) is 4. The van der Waals surface area contributed by atoms with Crippen LogP contribution in [-0.4, -0.2) is 34.3 Å². The molecular weight excluding hydrogens is 346 g/mol. The highest BCUT2D eigenvalue weighted by molar-refractivity contribution is 7.99. The third-order valence-corrected chi connectivity index (χ3v) is 5.41. The number of thioether (sulfide) groups is 1. The van der Waals surface area contributed by atoms with E-state index in [-0.39, 0.29) is 11.9 Å². The quantitative estimate of drug-likeness (QED) is 0.692. The number of H-pyrrole nitrogens is 1. The molecule has 1 N–H and O–H groups in total. The van der Waals surface area contributed by atoms with Gasteiger partial charge in [0.2, 0.25) is 5.91 Å². The second kappa shape index (κ2) is 7.03. The lowest BCUT2D eigenvalue weighted by Gasteiger charge is -2.22. The van der Waals surface area contributed by atoms with Crippen molar-refractivity contribution in [3.63, 3.8) is 0 Å². The highest BCUT2D eigenvalue weighted by Crippen LogP contribution is 2.33. The summed E-state index contributed by atoms with van der Waals surface area (Å²) in [6.45, 7) is 4.69. The Morgan fingerprint density at radius 2 is 2.19 bits per heavy atom. The van der Waals surface area contributed by atoms with E-state index in [1.165, 1.54) is 17.3 Å². The number of amides is 1. The van der Waals surface area contributed by atoms with Gasteiger partial charge in [-0.3, -0.25) is 4.79 Å². The summed E-state index contributed by atoms with van der Waals surface area (Å²) < 4.78 is 5.52. The van der Waals surface area contributed by atoms with Crippen molar-refractivity contribution in [1.82, 2.24) is 9.97 Å². The summed E-state index contributed by atoms with van der Waals surface area (Å²) in [4.78, 5) is 22.5. The van der Waals surface area contributed by atoms with Gasteiger partial charge in [0.15, 0.2) is 5.16 Å². The number of carbonyl (C=O) groups is 1. The van der Waals surface area contributed by atoms with Gasteiger partial charge in [-0.2, -0.15) is 0 Å². The summed E-state index contributed by atoms with van der Waals surface area (Å²) in [5, 5.41) is 0.752. The molecule has 2 heterocycles. The SMILES string of the molecule is CCOc1ccc2nc(SCC(=O)N3c4ccccc4C[C@@H]3C)[nH]c2c1. The molecule has 5 nitrogen and oxygen atoms in total. The van der Waals surface area contributed by atoms with E-state index in [9.17, 15) is 4.79 Å². The summed E-state index contributed by atoms with van der Waals surface area (Å²) in [7, 11) is 0. The van der Waals surface area contributed by atoms with Gasteiger partial charge in [0.1, 0.15) is 5.75 Å². The molecule has 1 aromatic heterocycles. The molecule has 6 heteroatoms. The Balaban J connectivity index is 1.47. The molecule has 2 aromatic carbocycles. The van der Waals surface area contributed by atoms with Gasteiger partial charge < -0.3 is 14.6 Å². The van der Waals surface area contributed by atoms with Crippen molar-refractivity contribution in [2.45, 2.75) is 31.5 Å². The molecule has 3 aromatic rings. The normalized spacial score (nSPS) is 16.1. The van der Waals surface area contributed by atoms with Gasteiger partial charge in [0.05, 0.1) is 23.4 Å². The Bertz CT molecular complexity index is 953. The fourth-order valence-electron chi connectivity index (χ4n) is 3.44. The first-order valence-electron chi connectivity index (χ1n) is 8.81. The zero-order valence-corrected chi connectivity index (χ0v) is 15.7. The van der Waals surface area contributed by atoms with Gasteiger partial charge in [-0.15, -0.1) is 0 Å². The van der Waals surface area contributed by atoms with Crippen LogP contribution in [0, 0.1) is 0 Å². The second-order valence-electron chi connectivity index (χ2n) is 6.39. The van der Waals surface area contributed by atoms with E-state index in [1.54, 1.807) is 0 Å². The van der Waals surface area contributed by atoms with Gasteiger partial charge in [0, 0.05) is 17.8 Å². The number of para-hydroxylation sites is 1. The molecule has 1 amide bonds. The fourth-order valence-corrected chi connectivity index (χ4v) is 4.18. The topological polar surface area (TPSA) is 58.2 Å². The van der Waals surface area contributed by atoms with Crippen molar-refractivity contribution < 1.29 is 9.53 Å². The molecule has 0 saturated heterocycles. The Hall–Kier alpha value is -2.47. The molecule has 0 fully saturated rings. The van der Waals surface area contributed by atoms with Gasteiger partial charge in [-0.1, -0.05) is 30.0 Å². The first-order valence-corrected chi connectivity index (χ1v) is 9.79. The van der Waals surface area contributed by atoms with Crippen LogP contribution in [0.5, 0.6) is 5.75 Å². The maximum Gasteiger partial charge on any atom is 0.237 e. The standard InChI is InChI=1S/C20H21N3O2S/c1-3-25-15-8-9-16-17(11-15)22-20(21-16)26-12-19(24)23-13(2)10-14-6-4-5-7-18(14)23/h4-9,11,13H,3,10,12H2,1-2H3,(H,21,22)/t13-/m0/s1. The molecule has 0 spiro atoms. The third-order valence-electron chi connectivity index (χ3n) is 4.55. The van der Waals surface area contributed by atoms with E-state index in [0.717, 1.165) is 34.0 Å². The van der Waals surface area contributed by atoms with Gasteiger partial charge in [0.25, 0.3) is 0 Å². The summed E-state index contributed by atoms with van der Waals surface area (Å²) in [6.07, 6.45) is 0.914. The van der Waals surface area contributed by atoms with E-state index in [4.69, 9.17) is 4.74 Å². The number of benzene rings is 2. The first-order chi connectivity index (χ1) is 12.7. The molecule has 134 valence electrons. The van der Waals surface area contributed by atoms with E-state index >= 15 is 0 Å². The number of carbonyl (C=O) groups excluding carboxylic acids is 1. The predicted octanol–water partition coefficient (Wildman–Crippen LogP) is 4.03. The number of aromatic nitrogens is 2. The summed E-state index contributed by atoms with van der Waals surface area (Å²) in [5.41, 5.74) is 4.08. The highest BCUT2D eigenvalue weighted by Gasteiger charge is 2.30. The molecule has 0 saturated carbocycles. The van der Waals surface area contributed by atoms with Crippen molar-refractivity contribution in [1.29, 1.82) is 0 Å². The zero-order valence-electron chi connectivity index (χ0n) is 14.9. The molecule has 0 radical (unpaired) electrons. The Kier molecular flexibility index (Phi) is 4.59. The molecule has 1 atom stereocenters. The maximum absolute atomic E-state index is 12.8. The lowest BCUT2D eigenvalue weighted by Crippen LogP contribution is -2.36. The van der Waals surface area contributed by atoms with Crippen LogP contribution in [0.1, 0.15) is 19.4 Å². The van der Waals surface area contributed by atoms with Crippen LogP contribution in [-0.2, 0) is 11.2 Å². The predicted molar refractivity (Wildman–Crippen MR) is 105 cm³/mol. The molecule has 0 unspecified atom stereocenters. The first kappa shape index (κ1) is 17.0. The maximum atomic E-state index is 12.8. The summed E-state index contributed by atoms with van der Waals surface area (Å²) in [5.74, 6) is 1.29. The van der Waals surface area contributed by atoms with Crippen LogP contribution in [0.3, 0.4) is 0 Å². The molecule has 26 heavy (non-hydrogen) atoms. The average molecular weight is 367 g/mol. The fraction of sp³-hybridized carbons (Fsp3) is 0.300. The molecule has 1 aliphatic rings. The highest BCUT2D eigenvalue weighted by atomic mass is 32.2. The van der Waals surface area contributed by atoms with Crippen LogP contribution >= 0.6 is 11.8 Å². The number of anilines is 1. The van der Waals surface area contributed by atoms with Crippen molar-refractivity contribution >= 4 is 34.4 Å². The Labute approximate surface area is 156 Å². The van der Waals surface area contributed by atoms with E-state index in [0.29, 0.717) is 12.4 Å². The van der Waals surface area contributed by atoms with Crippen molar-refractivity contribution in [2.75, 3.05) is 17.3 Å². The third kappa shape index (κ3) is 3.17. The number of aromatic amines is 1. The number of nitrogens with zero attached hydrogens (tertiary/aromatic N) is 2. The number of nitrogens with one attached hydrogen (secondary N) is 1. The molecule has 4 rings (SSSR count). The van der Waals surface area contributed by atoms with Crippen molar-refractivity contribution in [2.24, 2.45) is 0 Å². The number of fused-ring (bicyclic) bond motifs is 2. The van der Waals surface area contributed by atoms with Crippen molar-refractivity contribution in [3.05, 3.63) is 48.0 Å². The van der Waals surface area contributed by atoms with Crippen LogP contribution in [0.4, 0.5) is 5.69 Å². The van der Waals surface area contributed by atoms with Gasteiger partial charge in [-0.05, 0) is 44.0 Å².